The molecule has 0 aliphatic heterocycles. The van der Waals surface area contributed by atoms with Crippen molar-refractivity contribution in [2.45, 2.75) is 12.7 Å². The molecule has 1 aromatic carbocycles. The zero-order valence-corrected chi connectivity index (χ0v) is 12.2. The van der Waals surface area contributed by atoms with Crippen LogP contribution in [0.1, 0.15) is 11.3 Å². The first-order valence-corrected chi connectivity index (χ1v) is 6.91. The Morgan fingerprint density at radius 2 is 1.92 bits per heavy atom. The minimum absolute atomic E-state index is 0.109. The molecule has 3 rings (SSSR count). The molecular formula is C15H12F3N5O. The number of hydrogen-bond donors (Lipinski definition) is 2. The maximum absolute atomic E-state index is 13.0. The number of nitrogens with one attached hydrogen (secondary N) is 2. The van der Waals surface area contributed by atoms with E-state index in [1.165, 1.54) is 30.7 Å². The Kier molecular flexibility index (Phi) is 4.32. The second-order valence-corrected chi connectivity index (χ2v) is 4.77. The number of rotatable bonds is 5. The van der Waals surface area contributed by atoms with Gasteiger partial charge in [0.15, 0.2) is 5.82 Å². The molecule has 0 radical (unpaired) electrons. The van der Waals surface area contributed by atoms with Crippen molar-refractivity contribution < 1.29 is 17.6 Å². The van der Waals surface area contributed by atoms with E-state index in [0.29, 0.717) is 12.3 Å². The van der Waals surface area contributed by atoms with Gasteiger partial charge in [-0.15, -0.1) is 5.10 Å². The highest BCUT2D eigenvalue weighted by molar-refractivity contribution is 5.61. The number of anilines is 3. The van der Waals surface area contributed by atoms with Gasteiger partial charge in [-0.2, -0.15) is 23.3 Å². The highest BCUT2D eigenvalue weighted by atomic mass is 19.4. The fourth-order valence-electron chi connectivity index (χ4n) is 2.00. The average Bonchev–Trinajstić information content (AvgIpc) is 3.06. The van der Waals surface area contributed by atoms with E-state index in [4.69, 9.17) is 4.42 Å². The van der Waals surface area contributed by atoms with Gasteiger partial charge in [-0.1, -0.05) is 12.1 Å². The molecule has 0 spiro atoms. The number of para-hydroxylation sites is 1. The van der Waals surface area contributed by atoms with E-state index in [9.17, 15) is 13.2 Å². The number of nitrogens with zero attached hydrogens (tertiary/aromatic N) is 3. The van der Waals surface area contributed by atoms with Crippen LogP contribution in [0.5, 0.6) is 0 Å². The van der Waals surface area contributed by atoms with Crippen molar-refractivity contribution in [3.05, 3.63) is 60.2 Å². The smallest absolute Gasteiger partial charge is 0.418 e. The monoisotopic (exact) mass is 335 g/mol. The molecule has 0 fully saturated rings. The van der Waals surface area contributed by atoms with Crippen LogP contribution in [0.4, 0.5) is 30.6 Å². The summed E-state index contributed by atoms with van der Waals surface area (Å²) in [5.41, 5.74) is -0.892. The average molecular weight is 335 g/mol. The van der Waals surface area contributed by atoms with E-state index in [1.54, 1.807) is 12.1 Å². The minimum Gasteiger partial charge on any atom is -0.467 e. The Hall–Kier alpha value is -3.10. The zero-order chi connectivity index (χ0) is 17.0. The van der Waals surface area contributed by atoms with E-state index in [2.05, 4.69) is 25.8 Å². The molecule has 0 amide bonds. The van der Waals surface area contributed by atoms with Crippen LogP contribution in [0.25, 0.3) is 0 Å². The Balaban J connectivity index is 1.75. The normalized spacial score (nSPS) is 11.3. The summed E-state index contributed by atoms with van der Waals surface area (Å²) in [6.45, 7) is 0.331. The van der Waals surface area contributed by atoms with E-state index in [-0.39, 0.29) is 17.5 Å². The summed E-state index contributed by atoms with van der Waals surface area (Å²) < 4.78 is 44.1. The van der Waals surface area contributed by atoms with Crippen molar-refractivity contribution in [3.63, 3.8) is 0 Å². The van der Waals surface area contributed by atoms with Crippen molar-refractivity contribution in [2.75, 3.05) is 10.6 Å². The third-order valence-corrected chi connectivity index (χ3v) is 3.05. The molecule has 2 N–H and O–H groups in total. The fraction of sp³-hybridized carbons (Fsp3) is 0.133. The van der Waals surface area contributed by atoms with Gasteiger partial charge in [0, 0.05) is 0 Å². The SMILES string of the molecule is FC(F)(F)c1ccccc1Nc1cnnc(NCc2ccco2)n1. The summed E-state index contributed by atoms with van der Waals surface area (Å²) >= 11 is 0. The van der Waals surface area contributed by atoms with Crippen LogP contribution in [0.3, 0.4) is 0 Å². The van der Waals surface area contributed by atoms with Gasteiger partial charge in [0.05, 0.1) is 30.3 Å². The molecule has 3 aromatic rings. The van der Waals surface area contributed by atoms with E-state index in [0.717, 1.165) is 6.07 Å². The summed E-state index contributed by atoms with van der Waals surface area (Å²) in [5.74, 6) is 0.976. The molecule has 0 bridgehead atoms. The lowest BCUT2D eigenvalue weighted by Gasteiger charge is -2.13. The van der Waals surface area contributed by atoms with Gasteiger partial charge in [-0.05, 0) is 24.3 Å². The van der Waals surface area contributed by atoms with Gasteiger partial charge in [0.25, 0.3) is 0 Å². The summed E-state index contributed by atoms with van der Waals surface area (Å²) in [5, 5.41) is 13.0. The number of halogens is 3. The van der Waals surface area contributed by atoms with Crippen LogP contribution in [0.2, 0.25) is 0 Å². The molecule has 6 nitrogen and oxygen atoms in total. The summed E-state index contributed by atoms with van der Waals surface area (Å²) in [7, 11) is 0. The van der Waals surface area contributed by atoms with Gasteiger partial charge in [0.1, 0.15) is 5.76 Å². The summed E-state index contributed by atoms with van der Waals surface area (Å²) in [6.07, 6.45) is -1.70. The second kappa shape index (κ2) is 6.57. The summed E-state index contributed by atoms with van der Waals surface area (Å²) in [4.78, 5) is 4.09. The van der Waals surface area contributed by atoms with Gasteiger partial charge in [-0.25, -0.2) is 0 Å². The molecule has 0 saturated carbocycles. The van der Waals surface area contributed by atoms with Crippen molar-refractivity contribution >= 4 is 17.5 Å². The second-order valence-electron chi connectivity index (χ2n) is 4.77. The van der Waals surface area contributed by atoms with E-state index < -0.39 is 11.7 Å². The molecular weight excluding hydrogens is 323 g/mol. The van der Waals surface area contributed by atoms with Crippen molar-refractivity contribution in [1.82, 2.24) is 15.2 Å². The molecule has 0 aliphatic rings. The molecule has 0 aliphatic carbocycles. The quantitative estimate of drug-likeness (QED) is 0.738. The van der Waals surface area contributed by atoms with Gasteiger partial charge in [-0.3, -0.25) is 0 Å². The van der Waals surface area contributed by atoms with Crippen molar-refractivity contribution in [1.29, 1.82) is 0 Å². The number of furan rings is 1. The first-order chi connectivity index (χ1) is 11.5. The maximum atomic E-state index is 13.0. The molecule has 0 saturated heterocycles. The first-order valence-electron chi connectivity index (χ1n) is 6.91. The minimum atomic E-state index is -4.47. The molecule has 0 unspecified atom stereocenters. The molecule has 0 atom stereocenters. The largest absolute Gasteiger partial charge is 0.467 e. The lowest BCUT2D eigenvalue weighted by molar-refractivity contribution is -0.136. The molecule has 2 heterocycles. The Morgan fingerprint density at radius 1 is 1.08 bits per heavy atom. The van der Waals surface area contributed by atoms with Gasteiger partial charge in [0.2, 0.25) is 5.95 Å². The Morgan fingerprint density at radius 3 is 2.67 bits per heavy atom. The lowest BCUT2D eigenvalue weighted by Crippen LogP contribution is -2.10. The van der Waals surface area contributed by atoms with Crippen LogP contribution in [0.15, 0.2) is 53.3 Å². The molecule has 24 heavy (non-hydrogen) atoms. The fourth-order valence-corrected chi connectivity index (χ4v) is 2.00. The standard InChI is InChI=1S/C15H12F3N5O/c16-15(17,18)11-5-1-2-6-12(11)21-13-9-20-23-14(22-13)19-8-10-4-3-7-24-10/h1-7,9H,8H2,(H2,19,21,22,23). The molecule has 2 aromatic heterocycles. The van der Waals surface area contributed by atoms with Crippen molar-refractivity contribution in [2.24, 2.45) is 0 Å². The van der Waals surface area contributed by atoms with E-state index >= 15 is 0 Å². The number of benzene rings is 1. The Labute approximate surface area is 134 Å². The van der Waals surface area contributed by atoms with Crippen LogP contribution >= 0.6 is 0 Å². The van der Waals surface area contributed by atoms with Crippen LogP contribution in [-0.2, 0) is 12.7 Å². The molecule has 9 heteroatoms. The van der Waals surface area contributed by atoms with Crippen LogP contribution < -0.4 is 10.6 Å². The lowest BCUT2D eigenvalue weighted by atomic mass is 10.1. The third kappa shape index (κ3) is 3.80. The first kappa shape index (κ1) is 15.8. The van der Waals surface area contributed by atoms with Crippen molar-refractivity contribution in [3.8, 4) is 0 Å². The maximum Gasteiger partial charge on any atom is 0.418 e. The third-order valence-electron chi connectivity index (χ3n) is 3.05. The predicted octanol–water partition coefficient (Wildman–Crippen LogP) is 3.84. The number of aromatic nitrogens is 3. The molecule has 124 valence electrons. The van der Waals surface area contributed by atoms with Crippen LogP contribution in [-0.4, -0.2) is 15.2 Å². The predicted molar refractivity (Wildman–Crippen MR) is 80.6 cm³/mol. The zero-order valence-electron chi connectivity index (χ0n) is 12.2. The van der Waals surface area contributed by atoms with E-state index in [1.807, 2.05) is 0 Å². The summed E-state index contributed by atoms with van der Waals surface area (Å²) in [6, 6.07) is 8.64. The van der Waals surface area contributed by atoms with Crippen LogP contribution in [0, 0.1) is 0 Å². The highest BCUT2D eigenvalue weighted by Crippen LogP contribution is 2.35. The number of hydrogen-bond acceptors (Lipinski definition) is 6. The topological polar surface area (TPSA) is 75.9 Å². The highest BCUT2D eigenvalue weighted by Gasteiger charge is 2.33. The Bertz CT molecular complexity index is 805. The van der Waals surface area contributed by atoms with Gasteiger partial charge < -0.3 is 15.1 Å². The number of alkyl halides is 3. The van der Waals surface area contributed by atoms with Gasteiger partial charge >= 0.3 is 6.18 Å².